The quantitative estimate of drug-likeness (QED) is 0.312. The molecule has 0 aromatic rings. The summed E-state index contributed by atoms with van der Waals surface area (Å²) in [5.74, 6) is 1.42. The second-order valence-corrected chi connectivity index (χ2v) is 6.38. The highest BCUT2D eigenvalue weighted by Crippen LogP contribution is 2.14. The third kappa shape index (κ3) is 10.4. The largest absolute Gasteiger partial charge is 0.381 e. The Morgan fingerprint density at radius 1 is 1.25 bits per heavy atom. The van der Waals surface area contributed by atoms with Gasteiger partial charge in [-0.15, -0.1) is 0 Å². The minimum Gasteiger partial charge on any atom is -0.381 e. The van der Waals surface area contributed by atoms with Crippen molar-refractivity contribution in [3.8, 4) is 0 Å². The molecule has 0 aromatic heterocycles. The molecule has 0 aliphatic carbocycles. The molecule has 0 aromatic carbocycles. The van der Waals surface area contributed by atoms with Gasteiger partial charge >= 0.3 is 0 Å². The summed E-state index contributed by atoms with van der Waals surface area (Å²) in [6.45, 7) is 8.59. The van der Waals surface area contributed by atoms with Gasteiger partial charge in [-0.05, 0) is 39.0 Å². The van der Waals surface area contributed by atoms with Crippen LogP contribution in [-0.2, 0) is 14.3 Å². The Morgan fingerprint density at radius 2 is 1.96 bits per heavy atom. The molecule has 3 N–H and O–H groups in total. The van der Waals surface area contributed by atoms with E-state index in [0.29, 0.717) is 18.9 Å². The van der Waals surface area contributed by atoms with Crippen molar-refractivity contribution in [3.63, 3.8) is 0 Å². The first-order valence-corrected chi connectivity index (χ1v) is 9.01. The van der Waals surface area contributed by atoms with Crippen LogP contribution < -0.4 is 16.0 Å². The standard InChI is InChI=1S/C17H34N4O3/c1-14(2)21-16(22)5-9-20-17(18-3)19-8-4-10-24-13-15-6-11-23-12-7-15/h14-15H,4-13H2,1-3H3,(H,21,22)(H2,18,19,20). The zero-order chi connectivity index (χ0) is 17.6. The average molecular weight is 342 g/mol. The first-order chi connectivity index (χ1) is 11.6. The number of rotatable bonds is 10. The summed E-state index contributed by atoms with van der Waals surface area (Å²) < 4.78 is 11.1. The lowest BCUT2D eigenvalue weighted by Gasteiger charge is -2.21. The van der Waals surface area contributed by atoms with Gasteiger partial charge in [0.1, 0.15) is 0 Å². The molecule has 24 heavy (non-hydrogen) atoms. The molecule has 1 aliphatic rings. The molecule has 140 valence electrons. The minimum absolute atomic E-state index is 0.0504. The summed E-state index contributed by atoms with van der Waals surface area (Å²) in [6.07, 6.45) is 3.59. The van der Waals surface area contributed by atoms with Gasteiger partial charge in [0.25, 0.3) is 0 Å². The number of amides is 1. The van der Waals surface area contributed by atoms with E-state index in [1.165, 1.54) is 0 Å². The van der Waals surface area contributed by atoms with Crippen molar-refractivity contribution in [1.82, 2.24) is 16.0 Å². The van der Waals surface area contributed by atoms with Gasteiger partial charge in [-0.25, -0.2) is 0 Å². The Bertz CT molecular complexity index is 369. The van der Waals surface area contributed by atoms with Crippen LogP contribution in [0.3, 0.4) is 0 Å². The van der Waals surface area contributed by atoms with Gasteiger partial charge in [0, 0.05) is 59.0 Å². The van der Waals surface area contributed by atoms with Gasteiger partial charge in [-0.3, -0.25) is 9.79 Å². The van der Waals surface area contributed by atoms with Crippen LogP contribution in [0, 0.1) is 5.92 Å². The number of aliphatic imine (C=N–C) groups is 1. The maximum atomic E-state index is 11.6. The van der Waals surface area contributed by atoms with Gasteiger partial charge in [0.2, 0.25) is 5.91 Å². The fraction of sp³-hybridized carbons (Fsp3) is 0.882. The smallest absolute Gasteiger partial charge is 0.221 e. The van der Waals surface area contributed by atoms with E-state index >= 15 is 0 Å². The van der Waals surface area contributed by atoms with Crippen LogP contribution in [0.15, 0.2) is 4.99 Å². The van der Waals surface area contributed by atoms with Crippen molar-refractivity contribution in [1.29, 1.82) is 0 Å². The molecule has 0 bridgehead atoms. The van der Waals surface area contributed by atoms with E-state index in [9.17, 15) is 4.79 Å². The fourth-order valence-corrected chi connectivity index (χ4v) is 2.45. The third-order valence-electron chi connectivity index (χ3n) is 3.77. The number of carbonyl (C=O) groups is 1. The lowest BCUT2D eigenvalue weighted by Crippen LogP contribution is -2.40. The molecule has 0 unspecified atom stereocenters. The predicted molar refractivity (Wildman–Crippen MR) is 96.2 cm³/mol. The number of carbonyl (C=O) groups excluding carboxylic acids is 1. The zero-order valence-corrected chi connectivity index (χ0v) is 15.4. The summed E-state index contributed by atoms with van der Waals surface area (Å²) in [6, 6.07) is 0.177. The van der Waals surface area contributed by atoms with Crippen LogP contribution in [0.1, 0.15) is 39.5 Å². The van der Waals surface area contributed by atoms with Crippen LogP contribution in [-0.4, -0.2) is 64.5 Å². The highest BCUT2D eigenvalue weighted by molar-refractivity contribution is 5.81. The van der Waals surface area contributed by atoms with Crippen molar-refractivity contribution in [2.24, 2.45) is 10.9 Å². The van der Waals surface area contributed by atoms with Gasteiger partial charge in [-0.1, -0.05) is 0 Å². The molecule has 7 heteroatoms. The van der Waals surface area contributed by atoms with E-state index < -0.39 is 0 Å². The number of hydrogen-bond donors (Lipinski definition) is 3. The third-order valence-corrected chi connectivity index (χ3v) is 3.77. The van der Waals surface area contributed by atoms with Crippen molar-refractivity contribution in [2.45, 2.75) is 45.6 Å². The average Bonchev–Trinajstić information content (AvgIpc) is 2.56. The van der Waals surface area contributed by atoms with Crippen LogP contribution in [0.25, 0.3) is 0 Å². The summed E-state index contributed by atoms with van der Waals surface area (Å²) in [4.78, 5) is 15.7. The molecule has 1 fully saturated rings. The second-order valence-electron chi connectivity index (χ2n) is 6.38. The maximum Gasteiger partial charge on any atom is 0.221 e. The molecule has 1 rings (SSSR count). The van der Waals surface area contributed by atoms with E-state index in [1.807, 2.05) is 13.8 Å². The fourth-order valence-electron chi connectivity index (χ4n) is 2.45. The second kappa shape index (κ2) is 13.0. The molecule has 1 heterocycles. The van der Waals surface area contributed by atoms with Crippen LogP contribution >= 0.6 is 0 Å². The molecule has 0 atom stereocenters. The van der Waals surface area contributed by atoms with E-state index in [2.05, 4.69) is 20.9 Å². The molecular weight excluding hydrogens is 308 g/mol. The van der Waals surface area contributed by atoms with Crippen molar-refractivity contribution in [2.75, 3.05) is 46.6 Å². The summed E-state index contributed by atoms with van der Waals surface area (Å²) >= 11 is 0. The van der Waals surface area contributed by atoms with Crippen molar-refractivity contribution in [3.05, 3.63) is 0 Å². The first-order valence-electron chi connectivity index (χ1n) is 9.01. The molecule has 1 aliphatic heterocycles. The molecule has 0 saturated carbocycles. The molecule has 1 amide bonds. The van der Waals surface area contributed by atoms with Gasteiger partial charge in [0.05, 0.1) is 0 Å². The number of nitrogens with one attached hydrogen (secondary N) is 3. The molecule has 0 spiro atoms. The minimum atomic E-state index is 0.0504. The van der Waals surface area contributed by atoms with E-state index in [0.717, 1.165) is 58.2 Å². The summed E-state index contributed by atoms with van der Waals surface area (Å²) in [7, 11) is 1.73. The lowest BCUT2D eigenvalue weighted by atomic mass is 10.0. The molecule has 1 saturated heterocycles. The normalized spacial score (nSPS) is 16.2. The Kier molecular flexibility index (Phi) is 11.2. The summed E-state index contributed by atoms with van der Waals surface area (Å²) in [5, 5.41) is 9.23. The number of hydrogen-bond acceptors (Lipinski definition) is 4. The van der Waals surface area contributed by atoms with Gasteiger partial charge in [-0.2, -0.15) is 0 Å². The van der Waals surface area contributed by atoms with Gasteiger partial charge < -0.3 is 25.4 Å². The maximum absolute atomic E-state index is 11.6. The Balaban J connectivity index is 1.98. The monoisotopic (exact) mass is 342 g/mol. The highest BCUT2D eigenvalue weighted by Gasteiger charge is 2.13. The Hall–Kier alpha value is -1.34. The SMILES string of the molecule is CN=C(NCCCOCC1CCOCC1)NCCC(=O)NC(C)C. The molecule has 7 nitrogen and oxygen atoms in total. The van der Waals surface area contributed by atoms with Crippen molar-refractivity contribution < 1.29 is 14.3 Å². The zero-order valence-electron chi connectivity index (χ0n) is 15.4. The predicted octanol–water partition coefficient (Wildman–Crippen LogP) is 0.899. The Labute approximate surface area is 146 Å². The van der Waals surface area contributed by atoms with E-state index in [-0.39, 0.29) is 11.9 Å². The first kappa shape index (κ1) is 20.7. The number of nitrogens with zero attached hydrogens (tertiary/aromatic N) is 1. The van der Waals surface area contributed by atoms with E-state index in [1.54, 1.807) is 7.05 Å². The van der Waals surface area contributed by atoms with Crippen LogP contribution in [0.5, 0.6) is 0 Å². The molecule has 0 radical (unpaired) electrons. The van der Waals surface area contributed by atoms with Crippen LogP contribution in [0.2, 0.25) is 0 Å². The topological polar surface area (TPSA) is 84.0 Å². The number of ether oxygens (including phenoxy) is 2. The van der Waals surface area contributed by atoms with Gasteiger partial charge in [0.15, 0.2) is 5.96 Å². The van der Waals surface area contributed by atoms with Crippen molar-refractivity contribution >= 4 is 11.9 Å². The summed E-state index contributed by atoms with van der Waals surface area (Å²) in [5.41, 5.74) is 0. The van der Waals surface area contributed by atoms with E-state index in [4.69, 9.17) is 9.47 Å². The number of guanidine groups is 1. The molecular formula is C17H34N4O3. The lowest BCUT2D eigenvalue weighted by molar-refractivity contribution is -0.121. The van der Waals surface area contributed by atoms with Crippen LogP contribution in [0.4, 0.5) is 0 Å². The Morgan fingerprint density at radius 3 is 2.62 bits per heavy atom. The highest BCUT2D eigenvalue weighted by atomic mass is 16.5.